The van der Waals surface area contributed by atoms with Crippen LogP contribution in [0.25, 0.3) is 0 Å². The second-order valence-electron chi connectivity index (χ2n) is 5.34. The molecule has 1 N–H and O–H groups in total. The highest BCUT2D eigenvalue weighted by Crippen LogP contribution is 2.20. The van der Waals surface area contributed by atoms with Gasteiger partial charge in [0.2, 0.25) is 10.0 Å². The van der Waals surface area contributed by atoms with Gasteiger partial charge < -0.3 is 5.32 Å². The number of sulfonamides is 1. The van der Waals surface area contributed by atoms with Gasteiger partial charge in [-0.1, -0.05) is 32.0 Å². The van der Waals surface area contributed by atoms with Gasteiger partial charge in [-0.05, 0) is 36.1 Å². The van der Waals surface area contributed by atoms with Gasteiger partial charge in [-0.15, -0.1) is 11.3 Å². The molecule has 0 unspecified atom stereocenters. The predicted octanol–water partition coefficient (Wildman–Crippen LogP) is 3.63. The van der Waals surface area contributed by atoms with Crippen LogP contribution in [0.4, 0.5) is 0 Å². The van der Waals surface area contributed by atoms with Gasteiger partial charge in [0.25, 0.3) is 0 Å². The zero-order valence-electron chi connectivity index (χ0n) is 13.8. The van der Waals surface area contributed by atoms with E-state index in [0.717, 1.165) is 12.1 Å². The Labute approximate surface area is 143 Å². The van der Waals surface area contributed by atoms with Crippen molar-refractivity contribution in [2.75, 3.05) is 13.1 Å². The van der Waals surface area contributed by atoms with Crippen molar-refractivity contribution in [3.8, 4) is 0 Å². The Morgan fingerprint density at radius 1 is 1.13 bits per heavy atom. The largest absolute Gasteiger partial charge is 0.305 e. The molecule has 2 rings (SSSR count). The van der Waals surface area contributed by atoms with Crippen LogP contribution in [-0.2, 0) is 16.6 Å². The minimum atomic E-state index is -3.38. The number of benzene rings is 1. The molecule has 0 spiro atoms. The minimum Gasteiger partial charge on any atom is -0.305 e. The molecule has 1 aromatic heterocycles. The first-order chi connectivity index (χ1) is 11.0. The lowest BCUT2D eigenvalue weighted by Gasteiger charge is -2.19. The number of rotatable bonds is 8. The van der Waals surface area contributed by atoms with Gasteiger partial charge in [-0.2, -0.15) is 4.31 Å². The third-order valence-corrected chi connectivity index (χ3v) is 6.83. The van der Waals surface area contributed by atoms with E-state index in [1.165, 1.54) is 9.18 Å². The van der Waals surface area contributed by atoms with Crippen LogP contribution in [0.1, 0.15) is 37.3 Å². The molecule has 0 amide bonds. The molecule has 4 nitrogen and oxygen atoms in total. The highest BCUT2D eigenvalue weighted by molar-refractivity contribution is 7.89. The van der Waals surface area contributed by atoms with Gasteiger partial charge in [0.15, 0.2) is 0 Å². The first kappa shape index (κ1) is 18.1. The molecule has 1 heterocycles. The molecule has 0 fully saturated rings. The van der Waals surface area contributed by atoms with E-state index >= 15 is 0 Å². The molecule has 1 aromatic carbocycles. The van der Waals surface area contributed by atoms with E-state index in [0.29, 0.717) is 18.0 Å². The predicted molar refractivity (Wildman–Crippen MR) is 96.1 cm³/mol. The highest BCUT2D eigenvalue weighted by Gasteiger charge is 2.21. The Morgan fingerprint density at radius 3 is 2.30 bits per heavy atom. The summed E-state index contributed by atoms with van der Waals surface area (Å²) in [6.07, 6.45) is 0. The molecule has 23 heavy (non-hydrogen) atoms. The van der Waals surface area contributed by atoms with E-state index in [9.17, 15) is 8.42 Å². The van der Waals surface area contributed by atoms with Crippen LogP contribution in [0, 0.1) is 0 Å². The second kappa shape index (κ2) is 8.06. The monoisotopic (exact) mass is 352 g/mol. The molecule has 0 aliphatic rings. The molecule has 2 aromatic rings. The van der Waals surface area contributed by atoms with Gasteiger partial charge in [0, 0.05) is 30.6 Å². The van der Waals surface area contributed by atoms with Crippen LogP contribution in [0.15, 0.2) is 46.7 Å². The Hall–Kier alpha value is -1.21. The summed E-state index contributed by atoms with van der Waals surface area (Å²) in [5.41, 5.74) is 1.08. The van der Waals surface area contributed by atoms with Crippen LogP contribution >= 0.6 is 11.3 Å². The fraction of sp³-hybridized carbons (Fsp3) is 0.412. The first-order valence-electron chi connectivity index (χ1n) is 7.85. The highest BCUT2D eigenvalue weighted by atomic mass is 32.2. The molecule has 1 atom stereocenters. The minimum absolute atomic E-state index is 0.169. The fourth-order valence-corrected chi connectivity index (χ4v) is 4.54. The molecule has 126 valence electrons. The van der Waals surface area contributed by atoms with E-state index in [-0.39, 0.29) is 6.04 Å². The normalized spacial score (nSPS) is 13.4. The van der Waals surface area contributed by atoms with E-state index in [4.69, 9.17) is 0 Å². The second-order valence-corrected chi connectivity index (χ2v) is 8.31. The summed E-state index contributed by atoms with van der Waals surface area (Å²) in [6, 6.07) is 11.5. The number of hydrogen-bond acceptors (Lipinski definition) is 4. The summed E-state index contributed by atoms with van der Waals surface area (Å²) in [4.78, 5) is 1.65. The maximum atomic E-state index is 12.5. The number of hydrogen-bond donors (Lipinski definition) is 1. The van der Waals surface area contributed by atoms with E-state index in [1.807, 2.05) is 32.0 Å². The smallest absolute Gasteiger partial charge is 0.243 e. The summed E-state index contributed by atoms with van der Waals surface area (Å²) in [7, 11) is -3.38. The molecule has 0 saturated heterocycles. The first-order valence-corrected chi connectivity index (χ1v) is 10.2. The van der Waals surface area contributed by atoms with Crippen LogP contribution in [-0.4, -0.2) is 25.8 Å². The molecule has 0 aliphatic heterocycles. The summed E-state index contributed by atoms with van der Waals surface area (Å²) < 4.78 is 26.4. The van der Waals surface area contributed by atoms with E-state index in [1.54, 1.807) is 23.5 Å². The third kappa shape index (κ3) is 4.41. The Kier molecular flexibility index (Phi) is 6.35. The maximum Gasteiger partial charge on any atom is 0.243 e. The zero-order chi connectivity index (χ0) is 16.9. The third-order valence-electron chi connectivity index (χ3n) is 3.89. The topological polar surface area (TPSA) is 49.4 Å². The number of thiophene rings is 1. The lowest BCUT2D eigenvalue weighted by atomic mass is 10.1. The number of nitrogens with zero attached hydrogens (tertiary/aromatic N) is 1. The van der Waals surface area contributed by atoms with Gasteiger partial charge >= 0.3 is 0 Å². The van der Waals surface area contributed by atoms with Crippen molar-refractivity contribution in [1.29, 1.82) is 0 Å². The lowest BCUT2D eigenvalue weighted by Crippen LogP contribution is -2.30. The van der Waals surface area contributed by atoms with Gasteiger partial charge in [0.05, 0.1) is 4.90 Å². The molecule has 6 heteroatoms. The van der Waals surface area contributed by atoms with Crippen LogP contribution in [0.3, 0.4) is 0 Å². The molecule has 0 radical (unpaired) electrons. The lowest BCUT2D eigenvalue weighted by molar-refractivity contribution is 0.445. The maximum absolute atomic E-state index is 12.5. The zero-order valence-corrected chi connectivity index (χ0v) is 15.5. The standard InChI is InChI=1S/C17H24N2O2S2/c1-4-19(5-2)23(20,21)17-10-8-15(9-11-17)14(3)18-13-16-7-6-12-22-16/h6-12,14,18H,4-5,13H2,1-3H3/t14-/m0/s1. The molecular formula is C17H24N2O2S2. The quantitative estimate of drug-likeness (QED) is 0.789. The molecule has 0 aliphatic carbocycles. The Balaban J connectivity index is 2.06. The summed E-state index contributed by atoms with van der Waals surface area (Å²) in [5, 5.41) is 5.52. The summed E-state index contributed by atoms with van der Waals surface area (Å²) >= 11 is 1.73. The average molecular weight is 353 g/mol. The van der Waals surface area contributed by atoms with Gasteiger partial charge in [-0.25, -0.2) is 8.42 Å². The van der Waals surface area contributed by atoms with Crippen molar-refractivity contribution < 1.29 is 8.42 Å². The molecular weight excluding hydrogens is 328 g/mol. The average Bonchev–Trinajstić information content (AvgIpc) is 3.07. The van der Waals surface area contributed by atoms with Crippen molar-refractivity contribution in [2.45, 2.75) is 38.3 Å². The van der Waals surface area contributed by atoms with Crippen LogP contribution in [0.5, 0.6) is 0 Å². The van der Waals surface area contributed by atoms with Crippen LogP contribution < -0.4 is 5.32 Å². The Bertz CT molecular complexity index is 691. The van der Waals surface area contributed by atoms with Gasteiger partial charge in [0.1, 0.15) is 0 Å². The molecule has 0 bridgehead atoms. The fourth-order valence-electron chi connectivity index (χ4n) is 2.43. The number of nitrogens with one attached hydrogen (secondary N) is 1. The summed E-state index contributed by atoms with van der Waals surface area (Å²) in [6.45, 7) is 7.58. The SMILES string of the molecule is CCN(CC)S(=O)(=O)c1ccc([C@H](C)NCc2cccs2)cc1. The van der Waals surface area contributed by atoms with Crippen molar-refractivity contribution in [3.63, 3.8) is 0 Å². The van der Waals surface area contributed by atoms with Gasteiger partial charge in [-0.3, -0.25) is 0 Å². The summed E-state index contributed by atoms with van der Waals surface area (Å²) in [5.74, 6) is 0. The molecule has 0 saturated carbocycles. The van der Waals surface area contributed by atoms with E-state index in [2.05, 4.69) is 23.7 Å². The van der Waals surface area contributed by atoms with Crippen molar-refractivity contribution in [1.82, 2.24) is 9.62 Å². The van der Waals surface area contributed by atoms with Crippen molar-refractivity contribution >= 4 is 21.4 Å². The van der Waals surface area contributed by atoms with Crippen LogP contribution in [0.2, 0.25) is 0 Å². The van der Waals surface area contributed by atoms with Crippen molar-refractivity contribution in [3.05, 3.63) is 52.2 Å². The Morgan fingerprint density at radius 2 is 1.78 bits per heavy atom. The van der Waals surface area contributed by atoms with E-state index < -0.39 is 10.0 Å². The van der Waals surface area contributed by atoms with Crippen molar-refractivity contribution in [2.24, 2.45) is 0 Å².